The van der Waals surface area contributed by atoms with E-state index in [4.69, 9.17) is 5.73 Å². The summed E-state index contributed by atoms with van der Waals surface area (Å²) >= 11 is 0. The molecule has 2 atom stereocenters. The van der Waals surface area contributed by atoms with E-state index in [-0.39, 0.29) is 29.7 Å². The number of carbonyl (C=O) groups excluding carboxylic acids is 2. The van der Waals surface area contributed by atoms with Gasteiger partial charge in [-0.05, 0) is 63.7 Å². The lowest BCUT2D eigenvalue weighted by Gasteiger charge is -2.19. The summed E-state index contributed by atoms with van der Waals surface area (Å²) in [4.78, 5) is 32.5. The van der Waals surface area contributed by atoms with Crippen molar-refractivity contribution in [2.45, 2.75) is 66.1 Å². The van der Waals surface area contributed by atoms with E-state index in [1.165, 1.54) is 6.08 Å². The molecule has 37 heavy (non-hydrogen) atoms. The third-order valence-corrected chi connectivity index (χ3v) is 6.71. The summed E-state index contributed by atoms with van der Waals surface area (Å²) in [5, 5.41) is 4.45. The predicted molar refractivity (Wildman–Crippen MR) is 150 cm³/mol. The summed E-state index contributed by atoms with van der Waals surface area (Å²) < 4.78 is 2.09. The van der Waals surface area contributed by atoms with Crippen LogP contribution in [-0.2, 0) is 11.3 Å². The number of nitrogens with zero attached hydrogens (tertiary/aromatic N) is 3. The van der Waals surface area contributed by atoms with Crippen LogP contribution in [0, 0.1) is 18.8 Å². The van der Waals surface area contributed by atoms with E-state index in [9.17, 15) is 9.59 Å². The Morgan fingerprint density at radius 3 is 2.68 bits per heavy atom. The zero-order valence-corrected chi connectivity index (χ0v) is 22.5. The largest absolute Gasteiger partial charge is 0.383 e. The normalized spacial score (nSPS) is 18.5. The first kappa shape index (κ1) is 27.5. The van der Waals surface area contributed by atoms with E-state index in [1.54, 1.807) is 20.1 Å². The number of aryl methyl sites for hydroxylation is 1. The minimum atomic E-state index is -0.264. The lowest BCUT2D eigenvalue weighted by atomic mass is 10.1. The SMILES string of the molecule is C=CC(=O)N1CC(n2c(C#CC)c(C(=O)NCc3ccccc3C)c(=C(N)/N=C\C)/c2=C/CC)CC1C. The van der Waals surface area contributed by atoms with E-state index in [1.807, 2.05) is 49.9 Å². The molecule has 7 heteroatoms. The Morgan fingerprint density at radius 1 is 1.32 bits per heavy atom. The summed E-state index contributed by atoms with van der Waals surface area (Å²) in [5.74, 6) is 6.06. The second-order valence-corrected chi connectivity index (χ2v) is 9.16. The van der Waals surface area contributed by atoms with Gasteiger partial charge in [-0.25, -0.2) is 4.99 Å². The van der Waals surface area contributed by atoms with Crippen molar-refractivity contribution in [3.63, 3.8) is 0 Å². The van der Waals surface area contributed by atoms with Crippen LogP contribution in [0.25, 0.3) is 11.9 Å². The molecule has 194 valence electrons. The summed E-state index contributed by atoms with van der Waals surface area (Å²) in [6.07, 6.45) is 6.45. The highest BCUT2D eigenvalue weighted by Crippen LogP contribution is 2.28. The number of benzene rings is 1. The maximum atomic E-state index is 13.8. The molecule has 2 heterocycles. The molecule has 1 fully saturated rings. The highest BCUT2D eigenvalue weighted by atomic mass is 16.2. The molecule has 3 rings (SSSR count). The first-order valence-electron chi connectivity index (χ1n) is 12.7. The fraction of sp³-hybridized carbons (Fsp3) is 0.367. The van der Waals surface area contributed by atoms with Crippen LogP contribution in [0.5, 0.6) is 0 Å². The molecular weight excluding hydrogens is 462 g/mol. The van der Waals surface area contributed by atoms with Gasteiger partial charge in [-0.3, -0.25) is 9.59 Å². The molecular formula is C30H37N5O2. The predicted octanol–water partition coefficient (Wildman–Crippen LogP) is 2.75. The van der Waals surface area contributed by atoms with Crippen LogP contribution >= 0.6 is 0 Å². The molecule has 1 aliphatic heterocycles. The van der Waals surface area contributed by atoms with Gasteiger partial charge in [-0.1, -0.05) is 49.8 Å². The van der Waals surface area contributed by atoms with Gasteiger partial charge in [0.2, 0.25) is 5.91 Å². The number of hydrogen-bond acceptors (Lipinski definition) is 4. The molecule has 1 aromatic carbocycles. The Balaban J connectivity index is 2.27. The summed E-state index contributed by atoms with van der Waals surface area (Å²) in [7, 11) is 0. The minimum Gasteiger partial charge on any atom is -0.383 e. The molecule has 1 saturated heterocycles. The van der Waals surface area contributed by atoms with Crippen molar-refractivity contribution in [1.82, 2.24) is 14.8 Å². The van der Waals surface area contributed by atoms with Crippen molar-refractivity contribution in [3.05, 3.63) is 69.9 Å². The number of aromatic nitrogens is 1. The van der Waals surface area contributed by atoms with Gasteiger partial charge in [0, 0.05) is 30.7 Å². The van der Waals surface area contributed by atoms with Crippen LogP contribution in [0.1, 0.15) is 73.8 Å². The first-order valence-corrected chi connectivity index (χ1v) is 12.7. The van der Waals surface area contributed by atoms with Crippen LogP contribution in [-0.4, -0.2) is 40.1 Å². The lowest BCUT2D eigenvalue weighted by molar-refractivity contribution is -0.126. The van der Waals surface area contributed by atoms with Gasteiger partial charge in [0.1, 0.15) is 11.5 Å². The van der Waals surface area contributed by atoms with Crippen molar-refractivity contribution in [2.24, 2.45) is 10.7 Å². The minimum absolute atomic E-state index is 0.0200. The number of amides is 2. The molecule has 3 N–H and O–H groups in total. The van der Waals surface area contributed by atoms with Crippen molar-refractivity contribution in [3.8, 4) is 11.8 Å². The van der Waals surface area contributed by atoms with Gasteiger partial charge in [-0.15, -0.1) is 0 Å². The van der Waals surface area contributed by atoms with E-state index in [0.29, 0.717) is 29.6 Å². The van der Waals surface area contributed by atoms with Gasteiger partial charge in [0.15, 0.2) is 0 Å². The number of rotatable bonds is 7. The monoisotopic (exact) mass is 499 g/mol. The summed E-state index contributed by atoms with van der Waals surface area (Å²) in [5.41, 5.74) is 9.61. The smallest absolute Gasteiger partial charge is 0.255 e. The first-order chi connectivity index (χ1) is 17.8. The zero-order chi connectivity index (χ0) is 27.1. The fourth-order valence-electron chi connectivity index (χ4n) is 4.99. The standard InChI is InChI=1S/C30H37N5O2/c1-7-13-24-27(29(31)32-10-4)28(30(37)33-18-22-16-12-11-15-20(22)5)25(14-8-2)35(24)23-17-21(6)34(19-23)26(36)9-3/h9-13,15-16,21,23H,3,7,17-19,31H2,1-2,4-6H3,(H,33,37)/b24-13-,29-27+,32-10-. The maximum Gasteiger partial charge on any atom is 0.255 e. The van der Waals surface area contributed by atoms with E-state index in [0.717, 1.165) is 29.3 Å². The van der Waals surface area contributed by atoms with Crippen molar-refractivity contribution in [2.75, 3.05) is 6.54 Å². The molecule has 1 aliphatic rings. The highest BCUT2D eigenvalue weighted by Gasteiger charge is 2.35. The molecule has 1 aromatic heterocycles. The number of nitrogens with one attached hydrogen (secondary N) is 1. The third-order valence-electron chi connectivity index (χ3n) is 6.71. The number of aliphatic imine (C=N–C) groups is 1. The van der Waals surface area contributed by atoms with Gasteiger partial charge in [0.05, 0.1) is 16.8 Å². The Morgan fingerprint density at radius 2 is 2.05 bits per heavy atom. The topological polar surface area (TPSA) is 92.7 Å². The molecule has 0 aliphatic carbocycles. The summed E-state index contributed by atoms with van der Waals surface area (Å²) in [6, 6.07) is 7.89. The number of nitrogens with two attached hydrogens (primary N) is 1. The highest BCUT2D eigenvalue weighted by molar-refractivity contribution is 5.97. The second kappa shape index (κ2) is 12.3. The third kappa shape index (κ3) is 5.69. The Labute approximate surface area is 219 Å². The van der Waals surface area contributed by atoms with Crippen LogP contribution in [0.2, 0.25) is 0 Å². The number of hydrogen-bond donors (Lipinski definition) is 2. The van der Waals surface area contributed by atoms with Crippen molar-refractivity contribution in [1.29, 1.82) is 0 Å². The van der Waals surface area contributed by atoms with Crippen LogP contribution in [0.15, 0.2) is 41.9 Å². The molecule has 2 aromatic rings. The van der Waals surface area contributed by atoms with Gasteiger partial charge in [0.25, 0.3) is 5.91 Å². The lowest BCUT2D eigenvalue weighted by Crippen LogP contribution is -2.38. The molecule has 0 radical (unpaired) electrons. The van der Waals surface area contributed by atoms with Crippen molar-refractivity contribution >= 4 is 29.9 Å². The zero-order valence-electron chi connectivity index (χ0n) is 22.5. The van der Waals surface area contributed by atoms with E-state index in [2.05, 4.69) is 39.4 Å². The second-order valence-electron chi connectivity index (χ2n) is 9.16. The van der Waals surface area contributed by atoms with Gasteiger partial charge < -0.3 is 20.5 Å². The number of carbonyl (C=O) groups is 2. The molecule has 2 amide bonds. The number of likely N-dealkylation sites (tertiary alicyclic amines) is 1. The Kier molecular flexibility index (Phi) is 9.13. The molecule has 7 nitrogen and oxygen atoms in total. The van der Waals surface area contributed by atoms with Crippen LogP contribution in [0.3, 0.4) is 0 Å². The van der Waals surface area contributed by atoms with Crippen LogP contribution < -0.4 is 21.6 Å². The molecule has 2 unspecified atom stereocenters. The molecule has 0 spiro atoms. The van der Waals surface area contributed by atoms with E-state index < -0.39 is 0 Å². The van der Waals surface area contributed by atoms with Gasteiger partial charge >= 0.3 is 0 Å². The molecule has 0 saturated carbocycles. The van der Waals surface area contributed by atoms with Gasteiger partial charge in [-0.2, -0.15) is 0 Å². The summed E-state index contributed by atoms with van der Waals surface area (Å²) in [6.45, 7) is 14.1. The van der Waals surface area contributed by atoms with E-state index >= 15 is 0 Å². The van der Waals surface area contributed by atoms with Crippen LogP contribution in [0.4, 0.5) is 0 Å². The maximum absolute atomic E-state index is 13.8. The molecule has 0 bridgehead atoms. The quantitative estimate of drug-likeness (QED) is 0.349. The fourth-order valence-corrected chi connectivity index (χ4v) is 4.99. The van der Waals surface area contributed by atoms with Crippen molar-refractivity contribution < 1.29 is 9.59 Å². The average molecular weight is 500 g/mol. The Bertz CT molecular complexity index is 1400. The average Bonchev–Trinajstić information content (AvgIpc) is 3.41. The Hall–Kier alpha value is -4.05.